The van der Waals surface area contributed by atoms with Crippen molar-refractivity contribution in [1.29, 1.82) is 0 Å². The summed E-state index contributed by atoms with van der Waals surface area (Å²) in [6, 6.07) is 0. The Morgan fingerprint density at radius 2 is 0.571 bits per heavy atom. The molecule has 1 radical (unpaired) electrons. The molecule has 77 valence electrons. The van der Waals surface area contributed by atoms with E-state index in [-0.39, 0.29) is 40.1 Å². The molecule has 0 fully saturated rings. The molecule has 14 heteroatoms. The van der Waals surface area contributed by atoms with Gasteiger partial charge in [0.2, 0.25) is 0 Å². The molecular weight excluding hydrogens is 498 g/mol. The monoisotopic (exact) mass is 507 g/mol. The Hall–Kier alpha value is 1.86. The van der Waals surface area contributed by atoms with Gasteiger partial charge < -0.3 is 0 Å². The van der Waals surface area contributed by atoms with Gasteiger partial charge in [0.05, 0.1) is 0 Å². The minimum atomic E-state index is -2.19. The average Bonchev–Trinajstić information content (AvgIpc) is 1.92. The van der Waals surface area contributed by atoms with Crippen LogP contribution in [0.25, 0.3) is 0 Å². The van der Waals surface area contributed by atoms with Crippen LogP contribution in [0, 0.1) is 0 Å². The Morgan fingerprint density at radius 3 is 0.571 bits per heavy atom. The predicted molar refractivity (Wildman–Crippen MR) is 37.1 cm³/mol. The van der Waals surface area contributed by atoms with E-state index in [1.54, 1.807) is 0 Å². The predicted octanol–water partition coefficient (Wildman–Crippen LogP) is -8.21. The van der Waals surface area contributed by atoms with Crippen LogP contribution in [-0.4, -0.2) is 85.9 Å². The van der Waals surface area contributed by atoms with Crippen molar-refractivity contribution in [1.82, 2.24) is 0 Å². The molecule has 0 aromatic carbocycles. The third-order valence-electron chi connectivity index (χ3n) is 0. The summed E-state index contributed by atoms with van der Waals surface area (Å²) in [5.74, 6) is 0. The van der Waals surface area contributed by atoms with Gasteiger partial charge in [-0.2, -0.15) is 0 Å². The van der Waals surface area contributed by atoms with Gasteiger partial charge in [-0.15, -0.1) is 0 Å². The van der Waals surface area contributed by atoms with E-state index in [9.17, 15) is 0 Å². The van der Waals surface area contributed by atoms with Gasteiger partial charge in [-0.25, -0.2) is 0 Å². The molecule has 8 nitrogen and oxygen atoms in total. The van der Waals surface area contributed by atoms with Crippen LogP contribution in [0.1, 0.15) is 0 Å². The topological polar surface area (TPSA) is 161 Å². The van der Waals surface area contributed by atoms with Crippen LogP contribution in [0.2, 0.25) is 0 Å². The first-order valence-corrected chi connectivity index (χ1v) is 9.80. The van der Waals surface area contributed by atoms with E-state index in [1.807, 2.05) is 0 Å². The molecule has 0 spiro atoms. The van der Waals surface area contributed by atoms with Gasteiger partial charge in [-0.05, 0) is 0 Å². The van der Waals surface area contributed by atoms with Crippen LogP contribution in [0.4, 0.5) is 0 Å². The molecule has 0 atom stereocenters. The molecule has 0 aliphatic heterocycles. The molecule has 0 bridgehead atoms. The van der Waals surface area contributed by atoms with E-state index < -0.39 is 62.8 Å². The maximum absolute atomic E-state index is 8.53. The van der Waals surface area contributed by atoms with Crippen molar-refractivity contribution in [2.45, 2.75) is 0 Å². The zero-order valence-electron chi connectivity index (χ0n) is 6.66. The molecule has 0 saturated heterocycles. The third-order valence-corrected chi connectivity index (χ3v) is 0. The van der Waals surface area contributed by atoms with Crippen LogP contribution in [0.5, 0.6) is 0 Å². The standard InChI is InChI=1S/4GeHO2.Mg.Mn/c4*2-1-3;;/h4*1H;;/q4*-1;2*+2. The Kier molecular flexibility index (Phi) is 214. The summed E-state index contributed by atoms with van der Waals surface area (Å²) in [6.45, 7) is 0. The van der Waals surface area contributed by atoms with Gasteiger partial charge in [-0.3, -0.25) is 0 Å². The summed E-state index contributed by atoms with van der Waals surface area (Å²) in [6.07, 6.45) is 0. The summed E-state index contributed by atoms with van der Waals surface area (Å²) in [4.78, 5) is 0. The average molecular weight is 502 g/mol. The fraction of sp³-hybridized carbons (Fsp3) is 0. The number of rotatable bonds is 0. The molecule has 0 N–H and O–H groups in total. The second kappa shape index (κ2) is 83.2. The van der Waals surface area contributed by atoms with Crippen molar-refractivity contribution < 1.29 is 48.7 Å². The van der Waals surface area contributed by atoms with Gasteiger partial charge in [0.1, 0.15) is 0 Å². The van der Waals surface area contributed by atoms with Crippen LogP contribution in [-0.2, 0) is 32.2 Å². The summed E-state index contributed by atoms with van der Waals surface area (Å²) in [5.41, 5.74) is 0. The van der Waals surface area contributed by atoms with E-state index in [0.29, 0.717) is 0 Å². The molecule has 0 amide bonds. The number of hydrogen-bond donors (Lipinski definition) is 0. The van der Waals surface area contributed by atoms with Crippen LogP contribution >= 0.6 is 0 Å². The van der Waals surface area contributed by atoms with E-state index >= 15 is 0 Å². The SMILES string of the molecule is [Mg+2].[Mn+2].[O]=[GeH][O-].[O]=[GeH][O-].[O]=[GeH][O-].[O]=[GeH][O-]. The molecular formula is H4Ge4MgMnO8. The van der Waals surface area contributed by atoms with Crippen molar-refractivity contribution in [3.05, 3.63) is 0 Å². The molecule has 0 aromatic heterocycles. The first-order valence-electron chi connectivity index (χ1n) is 1.89. The van der Waals surface area contributed by atoms with Crippen molar-refractivity contribution in [2.24, 2.45) is 0 Å². The van der Waals surface area contributed by atoms with Crippen molar-refractivity contribution in [3.8, 4) is 0 Å². The van der Waals surface area contributed by atoms with Gasteiger partial charge in [0, 0.05) is 0 Å². The number of hydrogen-bond acceptors (Lipinski definition) is 8. The zero-order valence-corrected chi connectivity index (χ0v) is 18.9. The second-order valence-corrected chi connectivity index (χ2v) is 2.00. The van der Waals surface area contributed by atoms with E-state index in [4.69, 9.17) is 31.6 Å². The van der Waals surface area contributed by atoms with Crippen molar-refractivity contribution >= 4 is 85.9 Å². The molecule has 0 aliphatic rings. The normalized spacial score (nSPS) is 3.43. The molecule has 14 heavy (non-hydrogen) atoms. The fourth-order valence-electron chi connectivity index (χ4n) is 0. The quantitative estimate of drug-likeness (QED) is 0.296. The Morgan fingerprint density at radius 1 is 0.571 bits per heavy atom. The Bertz CT molecular complexity index is 75.3. The minimum absolute atomic E-state index is 0. The van der Waals surface area contributed by atoms with E-state index in [1.165, 1.54) is 0 Å². The van der Waals surface area contributed by atoms with Crippen molar-refractivity contribution in [3.63, 3.8) is 0 Å². The summed E-state index contributed by atoms with van der Waals surface area (Å²) >= 11 is -8.75. The van der Waals surface area contributed by atoms with Crippen molar-refractivity contribution in [2.75, 3.05) is 0 Å². The third kappa shape index (κ3) is 664. The maximum atomic E-state index is 8.53. The summed E-state index contributed by atoms with van der Waals surface area (Å²) in [7, 11) is 0. The van der Waals surface area contributed by atoms with E-state index in [0.717, 1.165) is 0 Å². The van der Waals surface area contributed by atoms with Gasteiger partial charge in [0.25, 0.3) is 0 Å². The van der Waals surface area contributed by atoms with Crippen LogP contribution in [0.15, 0.2) is 0 Å². The zero-order chi connectivity index (χ0) is 10.8. The Balaban J connectivity index is -0.0000000145. The summed E-state index contributed by atoms with van der Waals surface area (Å²) < 4.78 is 68.2. The van der Waals surface area contributed by atoms with Gasteiger partial charge in [-0.1, -0.05) is 0 Å². The first kappa shape index (κ1) is 36.0. The molecule has 0 saturated carbocycles. The van der Waals surface area contributed by atoms with E-state index in [2.05, 4.69) is 0 Å². The molecule has 0 unspecified atom stereocenters. The fourth-order valence-corrected chi connectivity index (χ4v) is 0. The Labute approximate surface area is 133 Å². The van der Waals surface area contributed by atoms with Crippen LogP contribution in [0.3, 0.4) is 0 Å². The molecule has 0 aromatic rings. The van der Waals surface area contributed by atoms with Crippen LogP contribution < -0.4 is 16.5 Å². The second-order valence-electron chi connectivity index (χ2n) is 0.385. The van der Waals surface area contributed by atoms with Gasteiger partial charge in [0.15, 0.2) is 0 Å². The van der Waals surface area contributed by atoms with Gasteiger partial charge >= 0.3 is 135 Å². The summed E-state index contributed by atoms with van der Waals surface area (Å²) in [5, 5.41) is 0. The molecule has 0 rings (SSSR count). The molecule has 0 aliphatic carbocycles. The molecule has 0 heterocycles. The first-order chi connectivity index (χ1) is 5.66.